The molecule has 44 heavy (non-hydrogen) atoms. The van der Waals surface area contributed by atoms with E-state index in [2.05, 4.69) is 75.9 Å². The van der Waals surface area contributed by atoms with E-state index < -0.39 is 23.1 Å². The van der Waals surface area contributed by atoms with Crippen LogP contribution in [0.3, 0.4) is 0 Å². The molecule has 4 aliphatic heterocycles. The number of rotatable bonds is 1. The molecular formula is C28H18Br4O8S4. The van der Waals surface area contributed by atoms with E-state index in [1.807, 2.05) is 0 Å². The quantitative estimate of drug-likeness (QED) is 0.188. The highest BCUT2D eigenvalue weighted by atomic mass is 79.9. The fourth-order valence-electron chi connectivity index (χ4n) is 7.26. The van der Waals surface area contributed by atoms with E-state index in [4.69, 9.17) is 37.9 Å². The third-order valence-corrected chi connectivity index (χ3v) is 17.0. The summed E-state index contributed by atoms with van der Waals surface area (Å²) in [4.78, 5) is 6.31. The zero-order chi connectivity index (χ0) is 29.6. The summed E-state index contributed by atoms with van der Waals surface area (Å²) in [5, 5.41) is 0. The van der Waals surface area contributed by atoms with Crippen molar-refractivity contribution in [3.63, 3.8) is 0 Å². The first-order valence-corrected chi connectivity index (χ1v) is 20.2. The van der Waals surface area contributed by atoms with Crippen molar-refractivity contribution in [3.05, 3.63) is 50.9 Å². The first-order chi connectivity index (χ1) is 21.4. The fourth-order valence-corrected chi connectivity index (χ4v) is 15.8. The number of hydrogen-bond donors (Lipinski definition) is 0. The molecule has 4 saturated heterocycles. The maximum Gasteiger partial charge on any atom is 0.258 e. The monoisotopic (exact) mass is 926 g/mol. The fraction of sp³-hybridized carbons (Fsp3) is 0.429. The summed E-state index contributed by atoms with van der Waals surface area (Å²) in [5.41, 5.74) is 3.61. The molecule has 4 fully saturated rings. The summed E-state index contributed by atoms with van der Waals surface area (Å²) >= 11 is 22.3. The van der Waals surface area contributed by atoms with E-state index in [1.165, 1.54) is 0 Å². The van der Waals surface area contributed by atoms with Crippen LogP contribution in [-0.4, -0.2) is 52.9 Å². The SMILES string of the molecule is Brc1cc2c(s1)-c1sc(-c3sc4c(c3Br)C35OCCOC3(OCCO5)c3cc(Br)sc3-4)c(Br)c1C13OCCOC21OCCO3. The molecule has 0 unspecified atom stereocenters. The molecule has 0 radical (unpaired) electrons. The molecule has 0 atom stereocenters. The molecule has 8 nitrogen and oxygen atoms in total. The van der Waals surface area contributed by atoms with E-state index in [9.17, 15) is 0 Å². The summed E-state index contributed by atoms with van der Waals surface area (Å²) in [6.45, 7) is 3.14. The number of fused-ring (bicyclic) bond motifs is 6. The number of halogens is 4. The van der Waals surface area contributed by atoms with Crippen LogP contribution < -0.4 is 0 Å². The van der Waals surface area contributed by atoms with Gasteiger partial charge in [-0.1, -0.05) is 0 Å². The van der Waals surface area contributed by atoms with E-state index in [0.717, 1.165) is 68.0 Å². The van der Waals surface area contributed by atoms with Gasteiger partial charge in [-0.3, -0.25) is 0 Å². The second kappa shape index (κ2) is 9.98. The van der Waals surface area contributed by atoms with Crippen molar-refractivity contribution in [2.75, 3.05) is 52.9 Å². The summed E-state index contributed by atoms with van der Waals surface area (Å²) in [5.74, 6) is -4.94. The first-order valence-electron chi connectivity index (χ1n) is 13.7. The molecule has 230 valence electrons. The first kappa shape index (κ1) is 29.3. The Balaban J connectivity index is 1.25. The minimum atomic E-state index is -1.26. The van der Waals surface area contributed by atoms with Crippen LogP contribution in [0, 0.1) is 0 Å². The highest BCUT2D eigenvalue weighted by Crippen LogP contribution is 2.70. The number of ether oxygens (including phenoxy) is 8. The van der Waals surface area contributed by atoms with E-state index in [1.54, 1.807) is 45.3 Å². The topological polar surface area (TPSA) is 73.8 Å². The summed E-state index contributed by atoms with van der Waals surface area (Å²) in [6.07, 6.45) is 0. The molecule has 4 aromatic rings. The lowest BCUT2D eigenvalue weighted by molar-refractivity contribution is -0.483. The number of hydrogen-bond acceptors (Lipinski definition) is 12. The van der Waals surface area contributed by atoms with Crippen LogP contribution in [0.5, 0.6) is 0 Å². The van der Waals surface area contributed by atoms with Gasteiger partial charge in [0.1, 0.15) is 0 Å². The van der Waals surface area contributed by atoms with Crippen molar-refractivity contribution in [2.45, 2.75) is 23.1 Å². The van der Waals surface area contributed by atoms with Crippen LogP contribution in [0.4, 0.5) is 0 Å². The van der Waals surface area contributed by atoms with Gasteiger partial charge in [0.15, 0.2) is 0 Å². The van der Waals surface area contributed by atoms with Crippen molar-refractivity contribution in [2.24, 2.45) is 0 Å². The smallest absolute Gasteiger partial charge is 0.258 e. The zero-order valence-corrected chi connectivity index (χ0v) is 31.8. The molecule has 0 N–H and O–H groups in total. The highest BCUT2D eigenvalue weighted by Gasteiger charge is 2.70. The van der Waals surface area contributed by atoms with Crippen molar-refractivity contribution < 1.29 is 37.9 Å². The van der Waals surface area contributed by atoms with Crippen LogP contribution in [0.15, 0.2) is 28.7 Å². The molecular weight excluding hydrogens is 912 g/mol. The maximum atomic E-state index is 6.60. The Bertz CT molecular complexity index is 1730. The average Bonchev–Trinajstić information content (AvgIpc) is 3.80. The summed E-state index contributed by atoms with van der Waals surface area (Å²) < 4.78 is 56.1. The van der Waals surface area contributed by atoms with Crippen LogP contribution in [-0.2, 0) is 61.0 Å². The largest absolute Gasteiger partial charge is 0.339 e. The Labute approximate surface area is 300 Å². The Kier molecular flexibility index (Phi) is 6.65. The molecule has 4 aromatic heterocycles. The second-order valence-corrected chi connectivity index (χ2v) is 19.2. The predicted molar refractivity (Wildman–Crippen MR) is 179 cm³/mol. The average molecular weight is 930 g/mol. The van der Waals surface area contributed by atoms with Gasteiger partial charge >= 0.3 is 0 Å². The standard InChI is InChI=1S/C28H18Br4O8S4/c29-13-9-11-19(41-13)21-15(27-25(11,33-1-5-37-27)34-2-6-38-27)17(31)23(43-21)24-18(32)16-22(44-24)20-12(10-14(30)42-20)26-28(16,39-7-3-35-26)40-8-4-36-26/h9-10H,1-8H2. The lowest BCUT2D eigenvalue weighted by Crippen LogP contribution is -2.64. The van der Waals surface area contributed by atoms with E-state index in [-0.39, 0.29) is 0 Å². The van der Waals surface area contributed by atoms with Crippen molar-refractivity contribution in [1.29, 1.82) is 0 Å². The van der Waals surface area contributed by atoms with Gasteiger partial charge < -0.3 is 37.9 Å². The summed E-state index contributed by atoms with van der Waals surface area (Å²) in [6, 6.07) is 4.15. The number of thiophene rings is 4. The molecule has 0 amide bonds. The van der Waals surface area contributed by atoms with Crippen LogP contribution in [0.1, 0.15) is 22.3 Å². The maximum absolute atomic E-state index is 6.60. The highest BCUT2D eigenvalue weighted by molar-refractivity contribution is 9.11. The van der Waals surface area contributed by atoms with E-state index in [0.29, 0.717) is 52.9 Å². The van der Waals surface area contributed by atoms with Gasteiger partial charge in [-0.05, 0) is 75.9 Å². The lowest BCUT2D eigenvalue weighted by Gasteiger charge is -2.55. The van der Waals surface area contributed by atoms with Crippen molar-refractivity contribution in [3.8, 4) is 29.3 Å². The normalized spacial score (nSPS) is 33.3. The van der Waals surface area contributed by atoms with Crippen LogP contribution >= 0.6 is 109 Å². The molecule has 0 spiro atoms. The minimum Gasteiger partial charge on any atom is -0.339 e. The Morgan fingerprint density at radius 1 is 0.409 bits per heavy atom. The Hall–Kier alpha value is 0.400. The van der Waals surface area contributed by atoms with Crippen LogP contribution in [0.25, 0.3) is 29.3 Å². The summed E-state index contributed by atoms with van der Waals surface area (Å²) in [7, 11) is 0. The van der Waals surface area contributed by atoms with Gasteiger partial charge in [0.05, 0.1) is 101 Å². The molecule has 8 heterocycles. The van der Waals surface area contributed by atoms with Crippen molar-refractivity contribution >= 4 is 109 Å². The third-order valence-electron chi connectivity index (χ3n) is 8.73. The van der Waals surface area contributed by atoms with Gasteiger partial charge in [0.2, 0.25) is 0 Å². The molecule has 0 saturated carbocycles. The van der Waals surface area contributed by atoms with Gasteiger partial charge in [-0.25, -0.2) is 0 Å². The molecule has 16 heteroatoms. The Morgan fingerprint density at radius 2 is 0.727 bits per heavy atom. The van der Waals surface area contributed by atoms with E-state index >= 15 is 0 Å². The minimum absolute atomic E-state index is 0.384. The van der Waals surface area contributed by atoms with Gasteiger partial charge in [0, 0.05) is 20.1 Å². The molecule has 6 aliphatic rings. The van der Waals surface area contributed by atoms with Crippen LogP contribution in [0.2, 0.25) is 0 Å². The predicted octanol–water partition coefficient (Wildman–Crippen LogP) is 8.81. The second-order valence-electron chi connectivity index (χ2n) is 10.7. The molecule has 0 aromatic carbocycles. The van der Waals surface area contributed by atoms with Gasteiger partial charge in [-0.2, -0.15) is 0 Å². The van der Waals surface area contributed by atoms with Gasteiger partial charge in [0.25, 0.3) is 23.1 Å². The molecule has 2 aliphatic carbocycles. The lowest BCUT2D eigenvalue weighted by atomic mass is 9.83. The molecule has 0 bridgehead atoms. The Morgan fingerprint density at radius 3 is 1.07 bits per heavy atom. The third kappa shape index (κ3) is 3.39. The zero-order valence-electron chi connectivity index (χ0n) is 22.2. The van der Waals surface area contributed by atoms with Gasteiger partial charge in [-0.15, -0.1) is 45.3 Å². The van der Waals surface area contributed by atoms with Crippen molar-refractivity contribution in [1.82, 2.24) is 0 Å². The molecule has 10 rings (SSSR count).